The summed E-state index contributed by atoms with van der Waals surface area (Å²) in [5, 5.41) is 3.05. The van der Waals surface area contributed by atoms with E-state index in [4.69, 9.17) is 0 Å². The number of carbonyl (C=O) groups is 1. The van der Waals surface area contributed by atoms with Crippen LogP contribution >= 0.6 is 0 Å². The van der Waals surface area contributed by atoms with Gasteiger partial charge in [0.2, 0.25) is 5.91 Å². The quantitative estimate of drug-likeness (QED) is 0.781. The molecule has 0 aliphatic heterocycles. The minimum Gasteiger partial charge on any atom is -0.353 e. The van der Waals surface area contributed by atoms with Crippen molar-refractivity contribution in [2.24, 2.45) is 16.7 Å². The van der Waals surface area contributed by atoms with Crippen molar-refractivity contribution in [3.8, 4) is 0 Å². The maximum absolute atomic E-state index is 12.3. The highest BCUT2D eigenvalue weighted by Gasteiger charge is 2.39. The van der Waals surface area contributed by atoms with Crippen molar-refractivity contribution in [2.75, 3.05) is 0 Å². The van der Waals surface area contributed by atoms with E-state index in [1.165, 1.54) is 0 Å². The molecule has 1 unspecified atom stereocenters. The number of hydrogen-bond donors (Lipinski definition) is 1. The third kappa shape index (κ3) is 4.54. The lowest BCUT2D eigenvalue weighted by Gasteiger charge is -2.38. The fourth-order valence-electron chi connectivity index (χ4n) is 2.08. The molecular weight excluding hydrogens is 198 g/mol. The molecular formula is C14H29NO. The first-order valence-electron chi connectivity index (χ1n) is 6.30. The van der Waals surface area contributed by atoms with Gasteiger partial charge in [-0.2, -0.15) is 0 Å². The Hall–Kier alpha value is -0.530. The fraction of sp³-hybridized carbons (Fsp3) is 0.929. The Kier molecular flexibility index (Phi) is 5.03. The van der Waals surface area contributed by atoms with Crippen molar-refractivity contribution in [2.45, 2.75) is 67.9 Å². The van der Waals surface area contributed by atoms with Gasteiger partial charge in [-0.3, -0.25) is 4.79 Å². The Bertz CT molecular complexity index is 238. The number of rotatable bonds is 4. The number of hydrogen-bond acceptors (Lipinski definition) is 1. The average Bonchev–Trinajstić information content (AvgIpc) is 1.98. The van der Waals surface area contributed by atoms with Gasteiger partial charge in [0.05, 0.1) is 0 Å². The molecule has 0 bridgehead atoms. The van der Waals surface area contributed by atoms with Crippen LogP contribution in [0.3, 0.4) is 0 Å². The standard InChI is InChI=1S/C14H29NO/c1-10(2)14(8,9-13(5,6)7)12(16)15-11(3)4/h10-11H,9H2,1-8H3,(H,15,16). The van der Waals surface area contributed by atoms with E-state index < -0.39 is 0 Å². The first-order chi connectivity index (χ1) is 6.99. The molecule has 0 aliphatic rings. The van der Waals surface area contributed by atoms with Crippen molar-refractivity contribution in [1.82, 2.24) is 5.32 Å². The van der Waals surface area contributed by atoms with Gasteiger partial charge in [0.25, 0.3) is 0 Å². The van der Waals surface area contributed by atoms with Crippen LogP contribution < -0.4 is 5.32 Å². The van der Waals surface area contributed by atoms with Crippen LogP contribution in [0.4, 0.5) is 0 Å². The van der Waals surface area contributed by atoms with Crippen LogP contribution in [-0.4, -0.2) is 11.9 Å². The zero-order valence-electron chi connectivity index (χ0n) is 12.3. The molecule has 0 spiro atoms. The summed E-state index contributed by atoms with van der Waals surface area (Å²) in [5.41, 5.74) is -0.101. The zero-order chi connectivity index (χ0) is 13.1. The second-order valence-electron chi connectivity index (χ2n) is 6.94. The van der Waals surface area contributed by atoms with E-state index >= 15 is 0 Å². The van der Waals surface area contributed by atoms with Gasteiger partial charge in [-0.15, -0.1) is 0 Å². The minimum atomic E-state index is -0.275. The Labute approximate surface area is 101 Å². The third-order valence-corrected chi connectivity index (χ3v) is 3.11. The highest BCUT2D eigenvalue weighted by molar-refractivity contribution is 5.82. The Morgan fingerprint density at radius 2 is 1.50 bits per heavy atom. The Morgan fingerprint density at radius 3 is 1.75 bits per heavy atom. The van der Waals surface area contributed by atoms with Crippen molar-refractivity contribution < 1.29 is 4.79 Å². The highest BCUT2D eigenvalue weighted by Crippen LogP contribution is 2.39. The molecule has 0 heterocycles. The van der Waals surface area contributed by atoms with Gasteiger partial charge in [0, 0.05) is 11.5 Å². The average molecular weight is 227 g/mol. The lowest BCUT2D eigenvalue weighted by Crippen LogP contribution is -2.46. The van der Waals surface area contributed by atoms with Crippen molar-refractivity contribution in [3.63, 3.8) is 0 Å². The fourth-order valence-corrected chi connectivity index (χ4v) is 2.08. The monoisotopic (exact) mass is 227 g/mol. The first-order valence-corrected chi connectivity index (χ1v) is 6.30. The van der Waals surface area contributed by atoms with Crippen LogP contribution in [0, 0.1) is 16.7 Å². The van der Waals surface area contributed by atoms with Crippen LogP contribution in [0.25, 0.3) is 0 Å². The predicted octanol–water partition coefficient (Wildman–Crippen LogP) is 3.61. The highest BCUT2D eigenvalue weighted by atomic mass is 16.2. The lowest BCUT2D eigenvalue weighted by molar-refractivity contribution is -0.135. The Balaban J connectivity index is 4.90. The summed E-state index contributed by atoms with van der Waals surface area (Å²) in [6.07, 6.45) is 0.913. The summed E-state index contributed by atoms with van der Waals surface area (Å²) in [5.74, 6) is 0.540. The normalized spacial score (nSPS) is 16.4. The topological polar surface area (TPSA) is 29.1 Å². The van der Waals surface area contributed by atoms with Crippen LogP contribution in [-0.2, 0) is 4.79 Å². The van der Waals surface area contributed by atoms with E-state index in [0.29, 0.717) is 5.92 Å². The summed E-state index contributed by atoms with van der Waals surface area (Å²) < 4.78 is 0. The molecule has 96 valence electrons. The number of nitrogens with one attached hydrogen (secondary N) is 1. The Morgan fingerprint density at radius 1 is 1.06 bits per heavy atom. The van der Waals surface area contributed by atoms with E-state index in [1.54, 1.807) is 0 Å². The van der Waals surface area contributed by atoms with E-state index in [-0.39, 0.29) is 22.8 Å². The van der Waals surface area contributed by atoms with Crippen molar-refractivity contribution in [3.05, 3.63) is 0 Å². The minimum absolute atomic E-state index is 0.174. The molecule has 1 amide bonds. The SMILES string of the molecule is CC(C)NC(=O)C(C)(CC(C)(C)C)C(C)C. The first kappa shape index (κ1) is 15.5. The molecule has 0 aromatic rings. The molecule has 0 saturated heterocycles. The molecule has 0 aromatic carbocycles. The van der Waals surface area contributed by atoms with Gasteiger partial charge in [0.15, 0.2) is 0 Å². The summed E-state index contributed by atoms with van der Waals surface area (Å²) in [6.45, 7) is 16.9. The van der Waals surface area contributed by atoms with Crippen LogP contribution in [0.5, 0.6) is 0 Å². The molecule has 2 heteroatoms. The molecule has 0 radical (unpaired) electrons. The second-order valence-corrected chi connectivity index (χ2v) is 6.94. The smallest absolute Gasteiger partial charge is 0.226 e. The summed E-state index contributed by atoms with van der Waals surface area (Å²) >= 11 is 0. The maximum atomic E-state index is 12.3. The molecule has 1 N–H and O–H groups in total. The molecule has 2 nitrogen and oxygen atoms in total. The van der Waals surface area contributed by atoms with Crippen molar-refractivity contribution in [1.29, 1.82) is 0 Å². The van der Waals surface area contributed by atoms with E-state index in [0.717, 1.165) is 6.42 Å². The molecule has 1 atom stereocenters. The number of carbonyl (C=O) groups excluding carboxylic acids is 1. The van der Waals surface area contributed by atoms with Gasteiger partial charge in [-0.1, -0.05) is 41.5 Å². The van der Waals surface area contributed by atoms with E-state index in [9.17, 15) is 4.79 Å². The summed E-state index contributed by atoms with van der Waals surface area (Å²) in [6, 6.07) is 0.213. The summed E-state index contributed by atoms with van der Waals surface area (Å²) in [7, 11) is 0. The molecule has 0 fully saturated rings. The van der Waals surface area contributed by atoms with Gasteiger partial charge in [-0.05, 0) is 31.6 Å². The molecule has 0 rings (SSSR count). The molecule has 0 aromatic heterocycles. The molecule has 0 aliphatic carbocycles. The predicted molar refractivity (Wildman–Crippen MR) is 70.3 cm³/mol. The molecule has 0 saturated carbocycles. The largest absolute Gasteiger partial charge is 0.353 e. The van der Waals surface area contributed by atoms with E-state index in [2.05, 4.69) is 46.9 Å². The van der Waals surface area contributed by atoms with Crippen LogP contribution in [0.15, 0.2) is 0 Å². The molecule has 16 heavy (non-hydrogen) atoms. The number of amides is 1. The second kappa shape index (κ2) is 5.20. The van der Waals surface area contributed by atoms with Gasteiger partial charge in [0.1, 0.15) is 0 Å². The summed E-state index contributed by atoms with van der Waals surface area (Å²) in [4.78, 5) is 12.3. The lowest BCUT2D eigenvalue weighted by atomic mass is 9.68. The van der Waals surface area contributed by atoms with Gasteiger partial charge < -0.3 is 5.32 Å². The zero-order valence-corrected chi connectivity index (χ0v) is 12.3. The third-order valence-electron chi connectivity index (χ3n) is 3.11. The van der Waals surface area contributed by atoms with Crippen molar-refractivity contribution >= 4 is 5.91 Å². The van der Waals surface area contributed by atoms with E-state index in [1.807, 2.05) is 13.8 Å². The van der Waals surface area contributed by atoms with Gasteiger partial charge >= 0.3 is 0 Å². The maximum Gasteiger partial charge on any atom is 0.226 e. The van der Waals surface area contributed by atoms with Crippen LogP contribution in [0.1, 0.15) is 61.8 Å². The van der Waals surface area contributed by atoms with Gasteiger partial charge in [-0.25, -0.2) is 0 Å². The van der Waals surface area contributed by atoms with Crippen LogP contribution in [0.2, 0.25) is 0 Å².